The lowest BCUT2D eigenvalue weighted by atomic mass is 9.97. The second-order valence-corrected chi connectivity index (χ2v) is 7.27. The van der Waals surface area contributed by atoms with Gasteiger partial charge in [-0.05, 0) is 41.8 Å². The van der Waals surface area contributed by atoms with Crippen LogP contribution in [0.4, 0.5) is 4.39 Å². The normalized spacial score (nSPS) is 21.7. The molecule has 0 bridgehead atoms. The predicted octanol–water partition coefficient (Wildman–Crippen LogP) is 3.26. The summed E-state index contributed by atoms with van der Waals surface area (Å²) in [6.07, 6.45) is 0.212. The van der Waals surface area contributed by atoms with E-state index in [0.29, 0.717) is 18.4 Å². The standard InChI is InChI=1S/C19H16FNO3S/c20-12-5-6-17-14(10-12)15(7-8-25-17)21-18(22)16-9-11-3-1-2-4-13(11)19(23)24-16/h1-6,10,15-16H,7-9H2,(H,21,22). The highest BCUT2D eigenvalue weighted by atomic mass is 32.2. The Bertz CT molecular complexity index is 854. The minimum absolute atomic E-state index is 0.268. The molecule has 2 heterocycles. The Hall–Kier alpha value is -2.34. The topological polar surface area (TPSA) is 55.4 Å². The van der Waals surface area contributed by atoms with Gasteiger partial charge < -0.3 is 10.1 Å². The number of hydrogen-bond acceptors (Lipinski definition) is 4. The zero-order valence-corrected chi connectivity index (χ0v) is 14.1. The van der Waals surface area contributed by atoms with Gasteiger partial charge in [0.1, 0.15) is 5.82 Å². The fraction of sp³-hybridized carbons (Fsp3) is 0.263. The van der Waals surface area contributed by atoms with Crippen LogP contribution >= 0.6 is 11.8 Å². The summed E-state index contributed by atoms with van der Waals surface area (Å²) in [5.74, 6) is -0.294. The zero-order valence-electron chi connectivity index (χ0n) is 13.3. The average Bonchev–Trinajstić information content (AvgIpc) is 2.62. The number of cyclic esters (lactones) is 1. The van der Waals surface area contributed by atoms with Crippen molar-refractivity contribution in [3.8, 4) is 0 Å². The minimum Gasteiger partial charge on any atom is -0.448 e. The molecule has 2 aromatic rings. The van der Waals surface area contributed by atoms with Gasteiger partial charge in [-0.2, -0.15) is 0 Å². The molecule has 0 radical (unpaired) electrons. The lowest BCUT2D eigenvalue weighted by Gasteiger charge is -2.29. The van der Waals surface area contributed by atoms with Gasteiger partial charge in [-0.25, -0.2) is 9.18 Å². The molecule has 4 nitrogen and oxygen atoms in total. The molecule has 1 amide bonds. The molecule has 2 aromatic carbocycles. The molecule has 2 atom stereocenters. The van der Waals surface area contributed by atoms with Gasteiger partial charge in [0, 0.05) is 17.1 Å². The van der Waals surface area contributed by atoms with E-state index in [9.17, 15) is 14.0 Å². The number of carbonyl (C=O) groups is 2. The molecule has 0 spiro atoms. The summed E-state index contributed by atoms with van der Waals surface area (Å²) in [5.41, 5.74) is 2.10. The number of benzene rings is 2. The van der Waals surface area contributed by atoms with E-state index in [1.165, 1.54) is 12.1 Å². The van der Waals surface area contributed by atoms with Crippen molar-refractivity contribution in [1.82, 2.24) is 5.32 Å². The number of thioether (sulfide) groups is 1. The summed E-state index contributed by atoms with van der Waals surface area (Å²) >= 11 is 1.65. The third-order valence-corrected chi connectivity index (χ3v) is 5.63. The predicted molar refractivity (Wildman–Crippen MR) is 92.0 cm³/mol. The van der Waals surface area contributed by atoms with Crippen LogP contribution in [0.25, 0.3) is 0 Å². The van der Waals surface area contributed by atoms with Crippen LogP contribution in [0.2, 0.25) is 0 Å². The van der Waals surface area contributed by atoms with E-state index in [1.807, 2.05) is 12.1 Å². The van der Waals surface area contributed by atoms with E-state index in [1.54, 1.807) is 30.0 Å². The molecule has 2 aliphatic heterocycles. The largest absolute Gasteiger partial charge is 0.448 e. The van der Waals surface area contributed by atoms with Gasteiger partial charge in [0.15, 0.2) is 6.10 Å². The van der Waals surface area contributed by atoms with Gasteiger partial charge in [0.25, 0.3) is 5.91 Å². The lowest BCUT2D eigenvalue weighted by Crippen LogP contribution is -2.43. The fourth-order valence-electron chi connectivity index (χ4n) is 3.26. The van der Waals surface area contributed by atoms with Crippen molar-refractivity contribution in [1.29, 1.82) is 0 Å². The Balaban J connectivity index is 1.52. The van der Waals surface area contributed by atoms with Crippen LogP contribution in [-0.4, -0.2) is 23.7 Å². The fourth-order valence-corrected chi connectivity index (χ4v) is 4.36. The summed E-state index contributed by atoms with van der Waals surface area (Å²) < 4.78 is 18.9. The number of nitrogens with one attached hydrogen (secondary N) is 1. The third kappa shape index (κ3) is 3.14. The molecule has 0 fully saturated rings. The quantitative estimate of drug-likeness (QED) is 0.839. The monoisotopic (exact) mass is 357 g/mol. The first kappa shape index (κ1) is 16.1. The molecule has 4 rings (SSSR count). The first-order valence-electron chi connectivity index (χ1n) is 8.13. The molecule has 0 aliphatic carbocycles. The summed E-state index contributed by atoms with van der Waals surface area (Å²) in [6.45, 7) is 0. The molecule has 25 heavy (non-hydrogen) atoms. The number of halogens is 1. The molecule has 0 saturated heterocycles. The van der Waals surface area contributed by atoms with Gasteiger partial charge >= 0.3 is 5.97 Å². The maximum atomic E-state index is 13.6. The first-order valence-corrected chi connectivity index (χ1v) is 9.12. The van der Waals surface area contributed by atoms with Crippen molar-refractivity contribution in [2.45, 2.75) is 29.9 Å². The number of amides is 1. The molecular weight excluding hydrogens is 341 g/mol. The van der Waals surface area contributed by atoms with Crippen LogP contribution in [0.3, 0.4) is 0 Å². The van der Waals surface area contributed by atoms with Gasteiger partial charge in [0.2, 0.25) is 0 Å². The number of ether oxygens (including phenoxy) is 1. The number of carbonyl (C=O) groups excluding carboxylic acids is 2. The molecule has 0 aromatic heterocycles. The van der Waals surface area contributed by atoms with E-state index in [-0.39, 0.29) is 17.8 Å². The molecule has 128 valence electrons. The Labute approximate surface area is 148 Å². The molecule has 6 heteroatoms. The van der Waals surface area contributed by atoms with Crippen LogP contribution in [0.1, 0.15) is 33.9 Å². The van der Waals surface area contributed by atoms with E-state index in [0.717, 1.165) is 21.8 Å². The first-order chi connectivity index (χ1) is 12.1. The highest BCUT2D eigenvalue weighted by molar-refractivity contribution is 7.99. The van der Waals surface area contributed by atoms with Crippen molar-refractivity contribution >= 4 is 23.6 Å². The summed E-state index contributed by atoms with van der Waals surface area (Å²) in [6, 6.07) is 11.5. The van der Waals surface area contributed by atoms with E-state index in [2.05, 4.69) is 5.32 Å². The molecule has 0 saturated carbocycles. The van der Waals surface area contributed by atoms with Crippen LogP contribution in [0.5, 0.6) is 0 Å². The maximum Gasteiger partial charge on any atom is 0.339 e. The second-order valence-electron chi connectivity index (χ2n) is 6.14. The second kappa shape index (κ2) is 6.52. The van der Waals surface area contributed by atoms with Crippen LogP contribution in [0, 0.1) is 5.82 Å². The number of rotatable bonds is 2. The number of fused-ring (bicyclic) bond motifs is 2. The smallest absolute Gasteiger partial charge is 0.339 e. The molecular formula is C19H16FNO3S. The number of hydrogen-bond donors (Lipinski definition) is 1. The van der Waals surface area contributed by atoms with E-state index < -0.39 is 12.1 Å². The molecule has 2 aliphatic rings. The zero-order chi connectivity index (χ0) is 17.4. The Morgan fingerprint density at radius 2 is 2.08 bits per heavy atom. The van der Waals surface area contributed by atoms with Gasteiger partial charge in [-0.15, -0.1) is 11.8 Å². The lowest BCUT2D eigenvalue weighted by molar-refractivity contribution is -0.131. The Morgan fingerprint density at radius 1 is 1.24 bits per heavy atom. The third-order valence-electron chi connectivity index (χ3n) is 4.51. The van der Waals surface area contributed by atoms with Gasteiger partial charge in [-0.1, -0.05) is 18.2 Å². The van der Waals surface area contributed by atoms with Crippen LogP contribution in [-0.2, 0) is 16.0 Å². The maximum absolute atomic E-state index is 13.6. The summed E-state index contributed by atoms with van der Waals surface area (Å²) in [4.78, 5) is 25.7. The van der Waals surface area contributed by atoms with Crippen molar-refractivity contribution in [3.05, 3.63) is 65.0 Å². The minimum atomic E-state index is -0.853. The SMILES string of the molecule is O=C1OC(C(=O)NC2CCSc3ccc(F)cc32)Cc2ccccc21. The highest BCUT2D eigenvalue weighted by Crippen LogP contribution is 2.36. The van der Waals surface area contributed by atoms with Crippen molar-refractivity contribution < 1.29 is 18.7 Å². The summed E-state index contributed by atoms with van der Waals surface area (Å²) in [7, 11) is 0. The van der Waals surface area contributed by atoms with Crippen molar-refractivity contribution in [2.75, 3.05) is 5.75 Å². The van der Waals surface area contributed by atoms with Gasteiger partial charge in [0.05, 0.1) is 11.6 Å². The van der Waals surface area contributed by atoms with E-state index >= 15 is 0 Å². The van der Waals surface area contributed by atoms with Crippen LogP contribution in [0.15, 0.2) is 47.4 Å². The highest BCUT2D eigenvalue weighted by Gasteiger charge is 2.33. The molecule has 2 unspecified atom stereocenters. The summed E-state index contributed by atoms with van der Waals surface area (Å²) in [5, 5.41) is 2.93. The van der Waals surface area contributed by atoms with E-state index in [4.69, 9.17) is 4.74 Å². The Kier molecular flexibility index (Phi) is 4.21. The number of esters is 1. The van der Waals surface area contributed by atoms with Crippen molar-refractivity contribution in [3.63, 3.8) is 0 Å². The average molecular weight is 357 g/mol. The Morgan fingerprint density at radius 3 is 2.96 bits per heavy atom. The van der Waals surface area contributed by atoms with Crippen molar-refractivity contribution in [2.24, 2.45) is 0 Å². The van der Waals surface area contributed by atoms with Gasteiger partial charge in [-0.3, -0.25) is 4.79 Å². The van der Waals surface area contributed by atoms with Crippen LogP contribution < -0.4 is 5.32 Å². The molecule has 1 N–H and O–H groups in total.